The zero-order valence-corrected chi connectivity index (χ0v) is 17.4. The van der Waals surface area contributed by atoms with E-state index in [4.69, 9.17) is 9.88 Å². The summed E-state index contributed by atoms with van der Waals surface area (Å²) in [6, 6.07) is 17.5. The number of rotatable bonds is 6. The van der Waals surface area contributed by atoms with Crippen molar-refractivity contribution < 1.29 is 13.2 Å². The highest BCUT2D eigenvalue weighted by atomic mass is 32.2. The average Bonchev–Trinajstić information content (AvgIpc) is 3.08. The first kappa shape index (κ1) is 20.0. The van der Waals surface area contributed by atoms with Crippen molar-refractivity contribution in [2.75, 3.05) is 5.32 Å². The number of nitrogens with zero attached hydrogens (tertiary/aromatic N) is 3. The monoisotopic (exact) mass is 439 g/mol. The Hall–Kier alpha value is -3.34. The van der Waals surface area contributed by atoms with Crippen molar-refractivity contribution >= 4 is 32.9 Å². The van der Waals surface area contributed by atoms with E-state index in [9.17, 15) is 8.42 Å². The molecule has 2 aromatic carbocycles. The lowest BCUT2D eigenvalue weighted by molar-refractivity contribution is 0.475. The lowest BCUT2D eigenvalue weighted by Crippen LogP contribution is -2.12. The fraction of sp³-hybridized carbons (Fsp3) is 0.0500. The lowest BCUT2D eigenvalue weighted by atomic mass is 10.2. The van der Waals surface area contributed by atoms with E-state index in [1.807, 2.05) is 37.3 Å². The van der Waals surface area contributed by atoms with Gasteiger partial charge in [-0.15, -0.1) is 0 Å². The second kappa shape index (κ2) is 8.19. The number of hydrogen-bond donors (Lipinski definition) is 2. The second-order valence-corrected chi connectivity index (χ2v) is 9.00. The maximum absolute atomic E-state index is 11.5. The normalized spacial score (nSPS) is 11.3. The highest BCUT2D eigenvalue weighted by Gasteiger charge is 2.15. The molecule has 0 aliphatic rings. The van der Waals surface area contributed by atoms with E-state index >= 15 is 0 Å². The first-order valence-electron chi connectivity index (χ1n) is 8.81. The van der Waals surface area contributed by atoms with E-state index in [1.165, 1.54) is 29.8 Å². The Morgan fingerprint density at radius 3 is 2.60 bits per heavy atom. The van der Waals surface area contributed by atoms with Gasteiger partial charge in [-0.05, 0) is 25.1 Å². The molecule has 0 radical (unpaired) electrons. The minimum absolute atomic E-state index is 0.00525. The van der Waals surface area contributed by atoms with Gasteiger partial charge in [-0.3, -0.25) is 0 Å². The summed E-state index contributed by atoms with van der Waals surface area (Å²) in [5, 5.41) is 9.71. The molecule has 0 bridgehead atoms. The van der Waals surface area contributed by atoms with Gasteiger partial charge in [0, 0.05) is 17.3 Å². The molecule has 0 saturated heterocycles. The van der Waals surface area contributed by atoms with Crippen LogP contribution < -0.4 is 15.2 Å². The van der Waals surface area contributed by atoms with Crippen molar-refractivity contribution in [1.29, 1.82) is 0 Å². The molecule has 4 aromatic rings. The number of benzene rings is 2. The van der Waals surface area contributed by atoms with Gasteiger partial charge in [0.15, 0.2) is 0 Å². The summed E-state index contributed by atoms with van der Waals surface area (Å²) in [4.78, 5) is 12.9. The van der Waals surface area contributed by atoms with Gasteiger partial charge in [0.25, 0.3) is 0 Å². The van der Waals surface area contributed by atoms with Gasteiger partial charge >= 0.3 is 0 Å². The topological polar surface area (TPSA) is 120 Å². The van der Waals surface area contributed by atoms with E-state index in [0.29, 0.717) is 22.4 Å². The van der Waals surface area contributed by atoms with Crippen molar-refractivity contribution in [2.24, 2.45) is 5.14 Å². The van der Waals surface area contributed by atoms with E-state index < -0.39 is 10.0 Å². The first-order valence-corrected chi connectivity index (χ1v) is 11.2. The first-order chi connectivity index (χ1) is 14.4. The Morgan fingerprint density at radius 1 is 1.03 bits per heavy atom. The molecule has 3 N–H and O–H groups in total. The van der Waals surface area contributed by atoms with Crippen molar-refractivity contribution in [2.45, 2.75) is 11.8 Å². The Labute approximate surface area is 177 Å². The molecule has 0 aliphatic carbocycles. The minimum Gasteiger partial charge on any atom is -0.426 e. The lowest BCUT2D eigenvalue weighted by Gasteiger charge is -2.09. The molecule has 152 valence electrons. The molecule has 10 heteroatoms. The fourth-order valence-corrected chi connectivity index (χ4v) is 4.07. The Morgan fingerprint density at radius 2 is 1.83 bits per heavy atom. The van der Waals surface area contributed by atoms with Gasteiger partial charge in [0.05, 0.1) is 9.90 Å². The van der Waals surface area contributed by atoms with Gasteiger partial charge < -0.3 is 10.1 Å². The van der Waals surface area contributed by atoms with Crippen LogP contribution in [0.4, 0.5) is 11.5 Å². The van der Waals surface area contributed by atoms with Crippen LogP contribution in [0.25, 0.3) is 11.3 Å². The maximum Gasteiger partial charge on any atom is 0.238 e. The summed E-state index contributed by atoms with van der Waals surface area (Å²) < 4.78 is 29.1. The van der Waals surface area contributed by atoms with Gasteiger partial charge in [0.2, 0.25) is 21.0 Å². The smallest absolute Gasteiger partial charge is 0.238 e. The number of aromatic nitrogens is 3. The molecule has 30 heavy (non-hydrogen) atoms. The van der Waals surface area contributed by atoms with Crippen LogP contribution in [0.1, 0.15) is 5.01 Å². The van der Waals surface area contributed by atoms with Gasteiger partial charge in [-0.25, -0.2) is 28.5 Å². The molecule has 0 aliphatic heterocycles. The van der Waals surface area contributed by atoms with Gasteiger partial charge in [-0.1, -0.05) is 47.7 Å². The van der Waals surface area contributed by atoms with Gasteiger partial charge in [-0.2, -0.15) is 0 Å². The molecule has 4 rings (SSSR count). The molecular formula is C20H17N5O3S2. The predicted molar refractivity (Wildman–Crippen MR) is 115 cm³/mol. The molecule has 0 amide bonds. The van der Waals surface area contributed by atoms with E-state index in [2.05, 4.69) is 20.3 Å². The fourth-order valence-electron chi connectivity index (χ4n) is 2.71. The number of nitrogens with one attached hydrogen (secondary N) is 1. The summed E-state index contributed by atoms with van der Waals surface area (Å²) in [7, 11) is -3.80. The molecule has 0 saturated carbocycles. The zero-order chi connectivity index (χ0) is 21.1. The number of hydrogen-bond acceptors (Lipinski definition) is 8. The van der Waals surface area contributed by atoms with Crippen LogP contribution in [-0.4, -0.2) is 23.4 Å². The van der Waals surface area contributed by atoms with Crippen molar-refractivity contribution in [3.63, 3.8) is 0 Å². The Balaban J connectivity index is 1.59. The van der Waals surface area contributed by atoms with Gasteiger partial charge in [0.1, 0.15) is 17.8 Å². The van der Waals surface area contributed by atoms with Crippen molar-refractivity contribution in [3.8, 4) is 22.2 Å². The third-order valence-electron chi connectivity index (χ3n) is 4.02. The molecule has 0 spiro atoms. The quantitative estimate of drug-likeness (QED) is 0.464. The molecule has 8 nitrogen and oxygen atoms in total. The Kier molecular flexibility index (Phi) is 5.44. The number of aryl methyl sites for hydroxylation is 1. The average molecular weight is 440 g/mol. The second-order valence-electron chi connectivity index (χ2n) is 6.28. The minimum atomic E-state index is -3.80. The summed E-state index contributed by atoms with van der Waals surface area (Å²) in [6.45, 7) is 1.91. The van der Waals surface area contributed by atoms with E-state index in [0.717, 1.165) is 16.3 Å². The van der Waals surface area contributed by atoms with Crippen LogP contribution >= 0.6 is 11.3 Å². The number of nitrogens with two attached hydrogens (primary N) is 1. The van der Waals surface area contributed by atoms with Crippen LogP contribution in [0.2, 0.25) is 0 Å². The SMILES string of the molecule is Cc1nc(-c2ccccc2)c(Oc2cc(Nc3cccc(S(N)(=O)=O)c3)ncn2)s1. The van der Waals surface area contributed by atoms with Crippen molar-refractivity contribution in [1.82, 2.24) is 15.0 Å². The largest absolute Gasteiger partial charge is 0.426 e. The molecule has 2 heterocycles. The summed E-state index contributed by atoms with van der Waals surface area (Å²) in [5.74, 6) is 0.769. The summed E-state index contributed by atoms with van der Waals surface area (Å²) >= 11 is 1.42. The molecular weight excluding hydrogens is 422 g/mol. The predicted octanol–water partition coefficient (Wildman–Crippen LogP) is 4.09. The molecule has 0 atom stereocenters. The number of sulfonamides is 1. The molecule has 2 aromatic heterocycles. The number of thiazole rings is 1. The van der Waals surface area contributed by atoms with Crippen LogP contribution in [0.3, 0.4) is 0 Å². The number of anilines is 2. The zero-order valence-electron chi connectivity index (χ0n) is 15.8. The highest BCUT2D eigenvalue weighted by molar-refractivity contribution is 7.89. The van der Waals surface area contributed by atoms with Crippen molar-refractivity contribution in [3.05, 3.63) is 72.0 Å². The summed E-state index contributed by atoms with van der Waals surface area (Å²) in [5.41, 5.74) is 2.21. The van der Waals surface area contributed by atoms with Crippen LogP contribution in [0, 0.1) is 6.92 Å². The molecule has 0 fully saturated rings. The summed E-state index contributed by atoms with van der Waals surface area (Å²) in [6.07, 6.45) is 1.36. The Bertz CT molecular complexity index is 1290. The van der Waals surface area contributed by atoms with Crippen LogP contribution in [-0.2, 0) is 10.0 Å². The molecule has 0 unspecified atom stereocenters. The van der Waals surface area contributed by atoms with E-state index in [1.54, 1.807) is 18.2 Å². The highest BCUT2D eigenvalue weighted by Crippen LogP contribution is 2.37. The van der Waals surface area contributed by atoms with E-state index in [-0.39, 0.29) is 4.90 Å². The number of ether oxygens (including phenoxy) is 1. The third-order valence-corrected chi connectivity index (χ3v) is 5.78. The van der Waals surface area contributed by atoms with Crippen LogP contribution in [0.5, 0.6) is 10.9 Å². The standard InChI is InChI=1S/C20H17N5O3S2/c1-13-24-19(14-6-3-2-4-7-14)20(29-13)28-18-11-17(22-12-23-18)25-15-8-5-9-16(10-15)30(21,26)27/h2-12H,1H3,(H2,21,26,27)(H,22,23,25). The van der Waals surface area contributed by atoms with Crippen LogP contribution in [0.15, 0.2) is 71.9 Å². The number of primary sulfonamides is 1. The third kappa shape index (κ3) is 4.62. The maximum atomic E-state index is 11.5.